The monoisotopic (exact) mass is 245 g/mol. The lowest BCUT2D eigenvalue weighted by molar-refractivity contribution is 0.0683. The van der Waals surface area contributed by atoms with Crippen molar-refractivity contribution in [1.82, 2.24) is 4.90 Å². The predicted octanol–water partition coefficient (Wildman–Crippen LogP) is 2.51. The first-order valence-corrected chi connectivity index (χ1v) is 6.36. The minimum atomic E-state index is -0.0605. The highest BCUT2D eigenvalue weighted by molar-refractivity contribution is 7.99. The lowest BCUT2D eigenvalue weighted by atomic mass is 10.2. The molecule has 0 aliphatic carbocycles. The maximum Gasteiger partial charge on any atom is 0.289 e. The summed E-state index contributed by atoms with van der Waals surface area (Å²) in [7, 11) is 0. The zero-order valence-corrected chi connectivity index (χ0v) is 9.98. The van der Waals surface area contributed by atoms with Gasteiger partial charge in [-0.05, 0) is 30.7 Å². The van der Waals surface area contributed by atoms with E-state index in [0.29, 0.717) is 5.76 Å². The van der Waals surface area contributed by atoms with Crippen LogP contribution >= 0.6 is 23.4 Å². The second-order valence-electron chi connectivity index (χ2n) is 3.53. The molecule has 2 rings (SSSR count). The first-order chi connectivity index (χ1) is 7.18. The number of amides is 1. The molecule has 0 aromatic carbocycles. The van der Waals surface area contributed by atoms with Crippen molar-refractivity contribution in [1.29, 1.82) is 0 Å². The number of hydrogen-bond acceptors (Lipinski definition) is 3. The fourth-order valence-corrected chi connectivity index (χ4v) is 2.76. The molecule has 0 bridgehead atoms. The molecule has 0 N–H and O–H groups in total. The summed E-state index contributed by atoms with van der Waals surface area (Å²) in [6, 6.07) is 3.48. The molecule has 82 valence electrons. The first kappa shape index (κ1) is 10.9. The fraction of sp³-hybridized carbons (Fsp3) is 0.500. The molecule has 1 amide bonds. The summed E-state index contributed by atoms with van der Waals surface area (Å²) in [5.41, 5.74) is 0. The highest BCUT2D eigenvalue weighted by Gasteiger charge is 2.26. The van der Waals surface area contributed by atoms with Crippen molar-refractivity contribution in [3.05, 3.63) is 23.1 Å². The zero-order chi connectivity index (χ0) is 10.8. The normalized spacial score (nSPS) is 21.7. The topological polar surface area (TPSA) is 33.5 Å². The van der Waals surface area contributed by atoms with Crippen LogP contribution in [0.25, 0.3) is 0 Å². The molecule has 1 unspecified atom stereocenters. The third kappa shape index (κ3) is 2.32. The third-order valence-electron chi connectivity index (χ3n) is 2.41. The number of carbonyl (C=O) groups is 1. The Morgan fingerprint density at radius 2 is 2.47 bits per heavy atom. The molecule has 5 heteroatoms. The van der Waals surface area contributed by atoms with E-state index >= 15 is 0 Å². The van der Waals surface area contributed by atoms with Gasteiger partial charge in [-0.15, -0.1) is 0 Å². The Bertz CT molecular complexity index is 366. The molecule has 1 aliphatic heterocycles. The minimum Gasteiger partial charge on any atom is -0.440 e. The van der Waals surface area contributed by atoms with Gasteiger partial charge in [0.05, 0.1) is 0 Å². The highest BCUT2D eigenvalue weighted by Crippen LogP contribution is 2.20. The summed E-state index contributed by atoms with van der Waals surface area (Å²) in [5, 5.41) is 0.261. The Morgan fingerprint density at radius 3 is 3.07 bits per heavy atom. The van der Waals surface area contributed by atoms with Crippen LogP contribution < -0.4 is 0 Å². The molecule has 1 aromatic rings. The van der Waals surface area contributed by atoms with Crippen LogP contribution in [0.15, 0.2) is 16.5 Å². The van der Waals surface area contributed by atoms with E-state index in [9.17, 15) is 4.79 Å². The molecule has 1 aromatic heterocycles. The summed E-state index contributed by atoms with van der Waals surface area (Å²) in [5.74, 6) is 2.25. The molecule has 1 aliphatic rings. The Labute approximate surface area is 97.8 Å². The molecule has 0 radical (unpaired) electrons. The van der Waals surface area contributed by atoms with Gasteiger partial charge in [-0.25, -0.2) is 0 Å². The van der Waals surface area contributed by atoms with Crippen molar-refractivity contribution in [3.63, 3.8) is 0 Å². The number of rotatable bonds is 1. The van der Waals surface area contributed by atoms with Gasteiger partial charge in [0.2, 0.25) is 0 Å². The quantitative estimate of drug-likeness (QED) is 0.762. The molecule has 1 atom stereocenters. The van der Waals surface area contributed by atoms with E-state index in [4.69, 9.17) is 16.0 Å². The number of hydrogen-bond donors (Lipinski definition) is 0. The van der Waals surface area contributed by atoms with E-state index in [1.54, 1.807) is 12.1 Å². The van der Waals surface area contributed by atoms with E-state index in [1.807, 2.05) is 16.7 Å². The maximum atomic E-state index is 12.0. The van der Waals surface area contributed by atoms with Crippen molar-refractivity contribution in [2.24, 2.45) is 0 Å². The van der Waals surface area contributed by atoms with Crippen LogP contribution in [0.5, 0.6) is 0 Å². The van der Waals surface area contributed by atoms with Crippen LogP contribution in [0, 0.1) is 0 Å². The minimum absolute atomic E-state index is 0.0605. The number of halogens is 1. The van der Waals surface area contributed by atoms with Crippen molar-refractivity contribution in [2.45, 2.75) is 13.0 Å². The maximum absolute atomic E-state index is 12.0. The number of nitrogens with zero attached hydrogens (tertiary/aromatic N) is 1. The SMILES string of the molecule is CC1CSCCN1C(=O)c1ccc(Cl)o1. The van der Waals surface area contributed by atoms with Crippen molar-refractivity contribution in [2.75, 3.05) is 18.1 Å². The smallest absolute Gasteiger partial charge is 0.289 e. The summed E-state index contributed by atoms with van der Waals surface area (Å²) in [6.07, 6.45) is 0. The molecular weight excluding hydrogens is 234 g/mol. The van der Waals surface area contributed by atoms with Gasteiger partial charge in [0, 0.05) is 24.1 Å². The molecule has 0 saturated carbocycles. The Morgan fingerprint density at radius 1 is 1.67 bits per heavy atom. The van der Waals surface area contributed by atoms with Crippen LogP contribution in [0.1, 0.15) is 17.5 Å². The van der Waals surface area contributed by atoms with Gasteiger partial charge in [0.25, 0.3) is 5.91 Å². The van der Waals surface area contributed by atoms with Gasteiger partial charge in [-0.2, -0.15) is 11.8 Å². The highest BCUT2D eigenvalue weighted by atomic mass is 35.5. The molecule has 2 heterocycles. The van der Waals surface area contributed by atoms with Crippen LogP contribution in [0.2, 0.25) is 5.22 Å². The number of furan rings is 1. The van der Waals surface area contributed by atoms with Crippen LogP contribution in [-0.2, 0) is 0 Å². The van der Waals surface area contributed by atoms with E-state index in [-0.39, 0.29) is 17.2 Å². The molecule has 0 spiro atoms. The van der Waals surface area contributed by atoms with Crippen molar-refractivity contribution in [3.8, 4) is 0 Å². The Balaban J connectivity index is 2.13. The average Bonchev–Trinajstić information content (AvgIpc) is 2.65. The zero-order valence-electron chi connectivity index (χ0n) is 8.40. The lowest BCUT2D eigenvalue weighted by Crippen LogP contribution is -2.44. The molecular formula is C10H12ClNO2S. The summed E-state index contributed by atoms with van der Waals surface area (Å²) < 4.78 is 5.11. The van der Waals surface area contributed by atoms with Gasteiger partial charge in [-0.1, -0.05) is 0 Å². The number of thioether (sulfide) groups is 1. The van der Waals surface area contributed by atoms with E-state index < -0.39 is 0 Å². The standard InChI is InChI=1S/C10H12ClNO2S/c1-7-6-15-5-4-12(7)10(13)8-2-3-9(11)14-8/h2-3,7H,4-6H2,1H3. The summed E-state index contributed by atoms with van der Waals surface area (Å²) >= 11 is 7.51. The Kier molecular flexibility index (Phi) is 3.26. The third-order valence-corrected chi connectivity index (χ3v) is 3.80. The van der Waals surface area contributed by atoms with Crippen LogP contribution in [-0.4, -0.2) is 34.9 Å². The second kappa shape index (κ2) is 4.49. The molecule has 1 fully saturated rings. The first-order valence-electron chi connectivity index (χ1n) is 4.82. The predicted molar refractivity (Wildman–Crippen MR) is 61.5 cm³/mol. The van der Waals surface area contributed by atoms with Crippen LogP contribution in [0.3, 0.4) is 0 Å². The fourth-order valence-electron chi connectivity index (χ4n) is 1.60. The van der Waals surface area contributed by atoms with E-state index in [0.717, 1.165) is 18.1 Å². The van der Waals surface area contributed by atoms with Gasteiger partial charge in [0.15, 0.2) is 11.0 Å². The van der Waals surface area contributed by atoms with Gasteiger partial charge in [0.1, 0.15) is 0 Å². The van der Waals surface area contributed by atoms with Crippen LogP contribution in [0.4, 0.5) is 0 Å². The Hall–Kier alpha value is -0.610. The van der Waals surface area contributed by atoms with Gasteiger partial charge >= 0.3 is 0 Å². The largest absolute Gasteiger partial charge is 0.440 e. The molecule has 15 heavy (non-hydrogen) atoms. The van der Waals surface area contributed by atoms with E-state index in [2.05, 4.69) is 6.92 Å². The summed E-state index contributed by atoms with van der Waals surface area (Å²) in [4.78, 5) is 13.8. The molecule has 1 saturated heterocycles. The summed E-state index contributed by atoms with van der Waals surface area (Å²) in [6.45, 7) is 2.83. The average molecular weight is 246 g/mol. The van der Waals surface area contributed by atoms with Gasteiger partial charge in [-0.3, -0.25) is 4.79 Å². The lowest BCUT2D eigenvalue weighted by Gasteiger charge is -2.32. The van der Waals surface area contributed by atoms with Crippen molar-refractivity contribution >= 4 is 29.3 Å². The van der Waals surface area contributed by atoms with Gasteiger partial charge < -0.3 is 9.32 Å². The second-order valence-corrected chi connectivity index (χ2v) is 5.05. The number of carbonyl (C=O) groups excluding carboxylic acids is 1. The van der Waals surface area contributed by atoms with E-state index in [1.165, 1.54) is 0 Å². The van der Waals surface area contributed by atoms with Crippen molar-refractivity contribution < 1.29 is 9.21 Å². The molecule has 3 nitrogen and oxygen atoms in total.